The van der Waals surface area contributed by atoms with Gasteiger partial charge in [0, 0.05) is 6.54 Å². The van der Waals surface area contributed by atoms with Crippen LogP contribution in [0.5, 0.6) is 0 Å². The van der Waals surface area contributed by atoms with E-state index < -0.39 is 12.8 Å². The number of rotatable bonds is 6. The van der Waals surface area contributed by atoms with Crippen LogP contribution in [0.25, 0.3) is 0 Å². The normalized spacial score (nSPS) is 28.9. The van der Waals surface area contributed by atoms with Crippen molar-refractivity contribution in [2.45, 2.75) is 57.1 Å². The SMILES string of the molecule is C[C@H]1CCN(C(=O)OCCF)[C@H]1COC1CCC(c2ccccc2)CC1. The predicted octanol–water partition coefficient (Wildman–Crippen LogP) is 4.55. The number of benzene rings is 1. The summed E-state index contributed by atoms with van der Waals surface area (Å²) in [6, 6.07) is 10.7. The van der Waals surface area contributed by atoms with Gasteiger partial charge in [-0.1, -0.05) is 37.3 Å². The van der Waals surface area contributed by atoms with Gasteiger partial charge in [0.05, 0.1) is 18.8 Å². The topological polar surface area (TPSA) is 38.8 Å². The largest absolute Gasteiger partial charge is 0.447 e. The maximum Gasteiger partial charge on any atom is 0.410 e. The highest BCUT2D eigenvalue weighted by molar-refractivity contribution is 5.68. The summed E-state index contributed by atoms with van der Waals surface area (Å²) in [6.07, 6.45) is 5.23. The summed E-state index contributed by atoms with van der Waals surface area (Å²) in [5.74, 6) is 1.02. The quantitative estimate of drug-likeness (QED) is 0.744. The number of hydrogen-bond acceptors (Lipinski definition) is 3. The predicted molar refractivity (Wildman–Crippen MR) is 99.0 cm³/mol. The third-order valence-corrected chi connectivity index (χ3v) is 5.87. The Hall–Kier alpha value is -1.62. The Morgan fingerprint density at radius 1 is 1.15 bits per heavy atom. The molecular weight excluding hydrogens is 333 g/mol. The van der Waals surface area contributed by atoms with Gasteiger partial charge in [0.2, 0.25) is 0 Å². The van der Waals surface area contributed by atoms with Crippen LogP contribution in [0, 0.1) is 5.92 Å². The average Bonchev–Trinajstić information content (AvgIpc) is 3.06. The van der Waals surface area contributed by atoms with Crippen LogP contribution in [0.4, 0.5) is 9.18 Å². The van der Waals surface area contributed by atoms with Gasteiger partial charge >= 0.3 is 6.09 Å². The van der Waals surface area contributed by atoms with Crippen molar-refractivity contribution in [3.8, 4) is 0 Å². The molecule has 2 atom stereocenters. The maximum atomic E-state index is 12.2. The zero-order valence-electron chi connectivity index (χ0n) is 15.6. The highest BCUT2D eigenvalue weighted by Crippen LogP contribution is 2.34. The smallest absolute Gasteiger partial charge is 0.410 e. The summed E-state index contributed by atoms with van der Waals surface area (Å²) in [7, 11) is 0. The van der Waals surface area contributed by atoms with Crippen molar-refractivity contribution in [2.24, 2.45) is 5.92 Å². The molecule has 0 N–H and O–H groups in total. The number of halogens is 1. The van der Waals surface area contributed by atoms with Gasteiger partial charge in [-0.05, 0) is 49.5 Å². The van der Waals surface area contributed by atoms with Crippen molar-refractivity contribution >= 4 is 6.09 Å². The van der Waals surface area contributed by atoms with Gasteiger partial charge in [-0.25, -0.2) is 9.18 Å². The van der Waals surface area contributed by atoms with E-state index in [4.69, 9.17) is 9.47 Å². The molecule has 3 rings (SSSR count). The molecule has 2 fully saturated rings. The number of carbonyl (C=O) groups is 1. The Kier molecular flexibility index (Phi) is 6.89. The molecule has 5 heteroatoms. The molecule has 144 valence electrons. The van der Waals surface area contributed by atoms with Crippen molar-refractivity contribution in [1.82, 2.24) is 4.90 Å². The van der Waals surface area contributed by atoms with Crippen LogP contribution in [0.15, 0.2) is 30.3 Å². The second-order valence-electron chi connectivity index (χ2n) is 7.55. The van der Waals surface area contributed by atoms with Gasteiger partial charge in [0.1, 0.15) is 13.3 Å². The molecule has 0 bridgehead atoms. The van der Waals surface area contributed by atoms with Crippen LogP contribution in [0.3, 0.4) is 0 Å². The summed E-state index contributed by atoms with van der Waals surface area (Å²) in [5, 5.41) is 0. The van der Waals surface area contributed by atoms with Crippen molar-refractivity contribution < 1.29 is 18.7 Å². The summed E-state index contributed by atoms with van der Waals surface area (Å²) in [5.41, 5.74) is 1.43. The minimum absolute atomic E-state index is 0.0361. The lowest BCUT2D eigenvalue weighted by Crippen LogP contribution is -2.42. The Bertz CT molecular complexity index is 560. The third kappa shape index (κ3) is 4.76. The standard InChI is InChI=1S/C21H30FNO3/c1-16-11-13-23(21(24)25-14-12-22)20(16)15-26-19-9-7-18(8-10-19)17-5-3-2-4-6-17/h2-6,16,18-20H,7-15H2,1H3/t16-,18?,19?,20-/m0/s1. The molecule has 1 saturated heterocycles. The first-order chi connectivity index (χ1) is 12.7. The van der Waals surface area contributed by atoms with Gasteiger partial charge in [0.25, 0.3) is 0 Å². The minimum atomic E-state index is -0.638. The van der Waals surface area contributed by atoms with Crippen LogP contribution < -0.4 is 0 Å². The Morgan fingerprint density at radius 3 is 2.58 bits per heavy atom. The maximum absolute atomic E-state index is 12.2. The first-order valence-corrected chi connectivity index (χ1v) is 9.85. The van der Waals surface area contributed by atoms with Gasteiger partial charge in [-0.2, -0.15) is 0 Å². The van der Waals surface area contributed by atoms with E-state index in [9.17, 15) is 9.18 Å². The van der Waals surface area contributed by atoms with E-state index in [1.165, 1.54) is 5.56 Å². The van der Waals surface area contributed by atoms with Crippen LogP contribution in [0.2, 0.25) is 0 Å². The molecule has 4 nitrogen and oxygen atoms in total. The summed E-state index contributed by atoms with van der Waals surface area (Å²) >= 11 is 0. The van der Waals surface area contributed by atoms with E-state index in [-0.39, 0.29) is 18.8 Å². The minimum Gasteiger partial charge on any atom is -0.447 e. The zero-order valence-corrected chi connectivity index (χ0v) is 15.6. The lowest BCUT2D eigenvalue weighted by molar-refractivity contribution is -0.0102. The van der Waals surface area contributed by atoms with Crippen molar-refractivity contribution in [3.05, 3.63) is 35.9 Å². The van der Waals surface area contributed by atoms with E-state index >= 15 is 0 Å². The number of carbonyl (C=O) groups excluding carboxylic acids is 1. The molecule has 26 heavy (non-hydrogen) atoms. The highest BCUT2D eigenvalue weighted by Gasteiger charge is 2.36. The second kappa shape index (κ2) is 9.36. The number of likely N-dealkylation sites (tertiary alicyclic amines) is 1. The van der Waals surface area contributed by atoms with E-state index in [0.717, 1.165) is 32.1 Å². The van der Waals surface area contributed by atoms with Crippen LogP contribution in [-0.4, -0.2) is 49.6 Å². The third-order valence-electron chi connectivity index (χ3n) is 5.87. The van der Waals surface area contributed by atoms with E-state index in [1.807, 2.05) is 0 Å². The molecule has 0 unspecified atom stereocenters. The number of ether oxygens (including phenoxy) is 2. The van der Waals surface area contributed by atoms with Crippen molar-refractivity contribution in [1.29, 1.82) is 0 Å². The lowest BCUT2D eigenvalue weighted by Gasteiger charge is -2.32. The number of alkyl halides is 1. The molecule has 1 amide bonds. The van der Waals surface area contributed by atoms with Gasteiger partial charge in [-0.3, -0.25) is 0 Å². The fourth-order valence-electron chi connectivity index (χ4n) is 4.22. The summed E-state index contributed by atoms with van der Waals surface area (Å²) in [6.45, 7) is 2.55. The first-order valence-electron chi connectivity index (χ1n) is 9.85. The number of hydrogen-bond donors (Lipinski definition) is 0. The van der Waals surface area contributed by atoms with Crippen LogP contribution >= 0.6 is 0 Å². The molecule has 0 spiro atoms. The molecule has 0 radical (unpaired) electrons. The average molecular weight is 363 g/mol. The van der Waals surface area contributed by atoms with E-state index in [2.05, 4.69) is 37.3 Å². The molecule has 1 heterocycles. The van der Waals surface area contributed by atoms with E-state index in [0.29, 0.717) is 25.0 Å². The summed E-state index contributed by atoms with van der Waals surface area (Å²) in [4.78, 5) is 13.8. The van der Waals surface area contributed by atoms with Crippen molar-refractivity contribution in [2.75, 3.05) is 26.4 Å². The molecule has 0 aromatic heterocycles. The molecule has 1 aromatic rings. The Labute approximate surface area is 155 Å². The van der Waals surface area contributed by atoms with Gasteiger partial charge < -0.3 is 14.4 Å². The molecule has 1 saturated carbocycles. The zero-order chi connectivity index (χ0) is 18.4. The second-order valence-corrected chi connectivity index (χ2v) is 7.55. The molecule has 1 aliphatic carbocycles. The monoisotopic (exact) mass is 363 g/mol. The van der Waals surface area contributed by atoms with Gasteiger partial charge in [0.15, 0.2) is 0 Å². The Balaban J connectivity index is 1.45. The first kappa shape index (κ1) is 19.2. The number of amides is 1. The lowest BCUT2D eigenvalue weighted by atomic mass is 9.83. The van der Waals surface area contributed by atoms with Crippen molar-refractivity contribution in [3.63, 3.8) is 0 Å². The molecular formula is C21H30FNO3. The fourth-order valence-corrected chi connectivity index (χ4v) is 4.22. The Morgan fingerprint density at radius 2 is 1.88 bits per heavy atom. The molecule has 1 aromatic carbocycles. The van der Waals surface area contributed by atoms with Crippen LogP contribution in [0.1, 0.15) is 50.5 Å². The number of nitrogens with zero attached hydrogens (tertiary/aromatic N) is 1. The summed E-state index contributed by atoms with van der Waals surface area (Å²) < 4.78 is 23.4. The van der Waals surface area contributed by atoms with Gasteiger partial charge in [-0.15, -0.1) is 0 Å². The fraction of sp³-hybridized carbons (Fsp3) is 0.667. The van der Waals surface area contributed by atoms with Crippen LogP contribution in [-0.2, 0) is 9.47 Å². The molecule has 1 aliphatic heterocycles. The highest BCUT2D eigenvalue weighted by atomic mass is 19.1. The molecule has 2 aliphatic rings. The van der Waals surface area contributed by atoms with E-state index in [1.54, 1.807) is 4.90 Å².